The van der Waals surface area contributed by atoms with E-state index in [0.717, 1.165) is 32.1 Å². The van der Waals surface area contributed by atoms with Gasteiger partial charge in [-0.2, -0.15) is 11.3 Å². The minimum Gasteiger partial charge on any atom is -0.385 e. The summed E-state index contributed by atoms with van der Waals surface area (Å²) >= 11 is 1.72. The third kappa shape index (κ3) is 3.57. The molecule has 0 amide bonds. The monoisotopic (exact) mass is 251 g/mol. The van der Waals surface area contributed by atoms with E-state index in [1.807, 2.05) is 12.4 Å². The Balaban J connectivity index is 1.88. The molecule has 5 heteroatoms. The van der Waals surface area contributed by atoms with Crippen LogP contribution in [0.15, 0.2) is 29.2 Å². The molecule has 0 saturated carbocycles. The molecule has 0 radical (unpaired) electrons. The van der Waals surface area contributed by atoms with Crippen LogP contribution in [0.25, 0.3) is 0 Å². The molecule has 1 N–H and O–H groups in total. The second-order valence-electron chi connectivity index (χ2n) is 3.78. The van der Waals surface area contributed by atoms with Crippen molar-refractivity contribution in [3.8, 4) is 0 Å². The van der Waals surface area contributed by atoms with Gasteiger partial charge in [-0.05, 0) is 28.8 Å². The summed E-state index contributed by atoms with van der Waals surface area (Å²) in [5, 5.41) is 7.57. The van der Waals surface area contributed by atoms with Crippen LogP contribution in [0.4, 0.5) is 5.95 Å². The number of aromatic nitrogens is 2. The molecule has 0 atom stereocenters. The number of ether oxygens (including phenoxy) is 1. The zero-order valence-corrected chi connectivity index (χ0v) is 10.7. The molecule has 0 bridgehead atoms. The maximum absolute atomic E-state index is 5.01. The highest BCUT2D eigenvalue weighted by Gasteiger charge is 2.02. The first kappa shape index (κ1) is 12.1. The van der Waals surface area contributed by atoms with Crippen LogP contribution in [-0.2, 0) is 11.3 Å². The van der Waals surface area contributed by atoms with Crippen molar-refractivity contribution in [1.29, 1.82) is 0 Å². The molecule has 92 valence electrons. The number of thiophene rings is 1. The number of methoxy groups -OCH3 is 1. The van der Waals surface area contributed by atoms with Gasteiger partial charge in [0, 0.05) is 32.7 Å². The number of nitrogens with one attached hydrogen (secondary N) is 1. The molecule has 0 spiro atoms. The molecule has 2 aromatic heterocycles. The molecule has 17 heavy (non-hydrogen) atoms. The summed E-state index contributed by atoms with van der Waals surface area (Å²) < 4.78 is 7.13. The lowest BCUT2D eigenvalue weighted by Gasteiger charge is -2.08. The van der Waals surface area contributed by atoms with Crippen molar-refractivity contribution in [3.05, 3.63) is 34.8 Å². The lowest BCUT2D eigenvalue weighted by molar-refractivity contribution is 0.197. The smallest absolute Gasteiger partial charge is 0.203 e. The van der Waals surface area contributed by atoms with Gasteiger partial charge >= 0.3 is 0 Å². The van der Waals surface area contributed by atoms with Crippen molar-refractivity contribution in [2.45, 2.75) is 13.0 Å². The summed E-state index contributed by atoms with van der Waals surface area (Å²) in [6.45, 7) is 2.53. The van der Waals surface area contributed by atoms with Crippen molar-refractivity contribution in [1.82, 2.24) is 9.55 Å². The molecule has 2 rings (SSSR count). The van der Waals surface area contributed by atoms with Crippen LogP contribution in [0.3, 0.4) is 0 Å². The summed E-state index contributed by atoms with van der Waals surface area (Å²) in [6, 6.07) is 2.14. The van der Waals surface area contributed by atoms with Crippen molar-refractivity contribution in [2.24, 2.45) is 0 Å². The quantitative estimate of drug-likeness (QED) is 0.768. The molecule has 2 aromatic rings. The first-order valence-corrected chi connectivity index (χ1v) is 6.59. The number of anilines is 1. The molecule has 0 saturated heterocycles. The van der Waals surface area contributed by atoms with E-state index >= 15 is 0 Å². The van der Waals surface area contributed by atoms with Gasteiger partial charge in [0.2, 0.25) is 5.95 Å². The second kappa shape index (κ2) is 6.42. The number of rotatable bonds is 7. The van der Waals surface area contributed by atoms with Gasteiger partial charge in [-0.3, -0.25) is 0 Å². The highest BCUT2D eigenvalue weighted by Crippen LogP contribution is 2.12. The van der Waals surface area contributed by atoms with Crippen LogP contribution in [0.5, 0.6) is 0 Å². The first-order chi connectivity index (χ1) is 8.40. The van der Waals surface area contributed by atoms with E-state index in [-0.39, 0.29) is 0 Å². The molecule has 2 heterocycles. The summed E-state index contributed by atoms with van der Waals surface area (Å²) in [5.74, 6) is 0.923. The van der Waals surface area contributed by atoms with E-state index in [9.17, 15) is 0 Å². The Labute approximate surface area is 105 Å². The molecule has 0 unspecified atom stereocenters. The van der Waals surface area contributed by atoms with E-state index in [1.165, 1.54) is 5.56 Å². The van der Waals surface area contributed by atoms with Crippen molar-refractivity contribution in [3.63, 3.8) is 0 Å². The van der Waals surface area contributed by atoms with E-state index in [0.29, 0.717) is 0 Å². The van der Waals surface area contributed by atoms with Crippen LogP contribution in [-0.4, -0.2) is 29.8 Å². The predicted molar refractivity (Wildman–Crippen MR) is 70.6 cm³/mol. The Morgan fingerprint density at radius 1 is 1.53 bits per heavy atom. The fraction of sp³-hybridized carbons (Fsp3) is 0.417. The van der Waals surface area contributed by atoms with Crippen molar-refractivity contribution >= 4 is 17.3 Å². The van der Waals surface area contributed by atoms with Crippen molar-refractivity contribution < 1.29 is 4.74 Å². The molecule has 0 aliphatic rings. The van der Waals surface area contributed by atoms with Crippen LogP contribution in [0.2, 0.25) is 0 Å². The number of hydrogen-bond acceptors (Lipinski definition) is 4. The van der Waals surface area contributed by atoms with Crippen LogP contribution < -0.4 is 5.32 Å². The third-order valence-electron chi connectivity index (χ3n) is 2.46. The SMILES string of the molecule is COCCCNc1nccn1Cc1ccsc1. The summed E-state index contributed by atoms with van der Waals surface area (Å²) in [6.07, 6.45) is 4.81. The minimum absolute atomic E-state index is 0.776. The lowest BCUT2D eigenvalue weighted by Crippen LogP contribution is -2.10. The molecular formula is C12H17N3OS. The standard InChI is InChI=1S/C12H17N3OS/c1-16-7-2-4-13-12-14-5-6-15(12)9-11-3-8-17-10-11/h3,5-6,8,10H,2,4,7,9H2,1H3,(H,13,14). The van der Waals surface area contributed by atoms with Gasteiger partial charge in [0.1, 0.15) is 0 Å². The zero-order chi connectivity index (χ0) is 11.9. The lowest BCUT2D eigenvalue weighted by atomic mass is 10.3. The van der Waals surface area contributed by atoms with E-state index < -0.39 is 0 Å². The predicted octanol–water partition coefficient (Wildman–Crippen LogP) is 2.44. The average molecular weight is 251 g/mol. The topological polar surface area (TPSA) is 39.1 Å². The fourth-order valence-corrected chi connectivity index (χ4v) is 2.26. The van der Waals surface area contributed by atoms with E-state index in [2.05, 4.69) is 31.7 Å². The Bertz CT molecular complexity index is 425. The van der Waals surface area contributed by atoms with E-state index in [4.69, 9.17) is 4.74 Å². The maximum atomic E-state index is 5.01. The normalized spacial score (nSPS) is 10.6. The van der Waals surface area contributed by atoms with Crippen LogP contribution in [0, 0.1) is 0 Å². The maximum Gasteiger partial charge on any atom is 0.203 e. The summed E-state index contributed by atoms with van der Waals surface area (Å²) in [4.78, 5) is 4.31. The average Bonchev–Trinajstić information content (AvgIpc) is 2.97. The fourth-order valence-electron chi connectivity index (χ4n) is 1.60. The largest absolute Gasteiger partial charge is 0.385 e. The van der Waals surface area contributed by atoms with Gasteiger partial charge in [-0.1, -0.05) is 0 Å². The first-order valence-electron chi connectivity index (χ1n) is 5.65. The number of hydrogen-bond donors (Lipinski definition) is 1. The Morgan fingerprint density at radius 2 is 2.47 bits per heavy atom. The number of imidazole rings is 1. The Morgan fingerprint density at radius 3 is 3.24 bits per heavy atom. The van der Waals surface area contributed by atoms with Gasteiger partial charge in [-0.15, -0.1) is 0 Å². The van der Waals surface area contributed by atoms with Gasteiger partial charge in [0.25, 0.3) is 0 Å². The van der Waals surface area contributed by atoms with Gasteiger partial charge in [0.15, 0.2) is 0 Å². The summed E-state index contributed by atoms with van der Waals surface area (Å²) in [7, 11) is 1.72. The third-order valence-corrected chi connectivity index (χ3v) is 3.19. The van der Waals surface area contributed by atoms with Crippen molar-refractivity contribution in [2.75, 3.05) is 25.6 Å². The number of nitrogens with zero attached hydrogens (tertiary/aromatic N) is 2. The van der Waals surface area contributed by atoms with Gasteiger partial charge < -0.3 is 14.6 Å². The molecule has 4 nitrogen and oxygen atoms in total. The zero-order valence-electron chi connectivity index (χ0n) is 9.93. The molecule has 0 aromatic carbocycles. The molecule has 0 aliphatic heterocycles. The highest BCUT2D eigenvalue weighted by molar-refractivity contribution is 7.07. The van der Waals surface area contributed by atoms with Gasteiger partial charge in [0.05, 0.1) is 6.54 Å². The second-order valence-corrected chi connectivity index (χ2v) is 4.56. The van der Waals surface area contributed by atoms with E-state index in [1.54, 1.807) is 18.4 Å². The Kier molecular flexibility index (Phi) is 4.58. The summed E-state index contributed by atoms with van der Waals surface area (Å²) in [5.41, 5.74) is 1.31. The van der Waals surface area contributed by atoms with Crippen LogP contribution in [0.1, 0.15) is 12.0 Å². The Hall–Kier alpha value is -1.33. The van der Waals surface area contributed by atoms with Crippen LogP contribution >= 0.6 is 11.3 Å². The van der Waals surface area contributed by atoms with Gasteiger partial charge in [-0.25, -0.2) is 4.98 Å². The molecular weight excluding hydrogens is 234 g/mol. The minimum atomic E-state index is 0.776. The molecule has 0 fully saturated rings. The highest BCUT2D eigenvalue weighted by atomic mass is 32.1. The molecule has 0 aliphatic carbocycles.